The van der Waals surface area contributed by atoms with E-state index in [-0.39, 0.29) is 4.90 Å². The average Bonchev–Trinajstić information content (AvgIpc) is 2.25. The number of benzene rings is 1. The molecule has 1 aromatic rings. The van der Waals surface area contributed by atoms with Gasteiger partial charge in [-0.05, 0) is 29.5 Å². The Kier molecular flexibility index (Phi) is 4.59. The second-order valence-corrected chi connectivity index (χ2v) is 4.85. The van der Waals surface area contributed by atoms with Crippen molar-refractivity contribution in [3.05, 3.63) is 29.8 Å². The number of thioether (sulfide) groups is 1. The van der Waals surface area contributed by atoms with Gasteiger partial charge in [0, 0.05) is 4.90 Å². The fourth-order valence-corrected chi connectivity index (χ4v) is 1.80. The van der Waals surface area contributed by atoms with Gasteiger partial charge in [0.15, 0.2) is 0 Å². The van der Waals surface area contributed by atoms with Crippen LogP contribution in [-0.4, -0.2) is 17.6 Å². The third-order valence-electron chi connectivity index (χ3n) is 2.24. The van der Waals surface area contributed by atoms with Gasteiger partial charge >= 0.3 is 17.6 Å². The molecule has 0 bridgehead atoms. The summed E-state index contributed by atoms with van der Waals surface area (Å²) in [5.74, 6) is -5.17. The van der Waals surface area contributed by atoms with Gasteiger partial charge in [0.05, 0.1) is 0 Å². The van der Waals surface area contributed by atoms with Gasteiger partial charge in [-0.3, -0.25) is 0 Å². The Morgan fingerprint density at radius 2 is 1.30 bits per heavy atom. The predicted molar refractivity (Wildman–Crippen MR) is 56.3 cm³/mol. The topological polar surface area (TPSA) is 26.0 Å². The number of hydrogen-bond donors (Lipinski definition) is 1. The summed E-state index contributed by atoms with van der Waals surface area (Å²) in [7, 11) is 0. The van der Waals surface area contributed by atoms with E-state index in [1.54, 1.807) is 0 Å². The summed E-state index contributed by atoms with van der Waals surface area (Å²) in [4.78, 5) is -0.344. The van der Waals surface area contributed by atoms with E-state index in [1.807, 2.05) is 0 Å². The molecule has 0 saturated carbocycles. The molecule has 0 radical (unpaired) electrons. The highest BCUT2D eigenvalue weighted by Gasteiger charge is 2.61. The lowest BCUT2D eigenvalue weighted by Gasteiger charge is -2.26. The van der Waals surface area contributed by atoms with Gasteiger partial charge in [-0.2, -0.15) is 35.1 Å². The van der Waals surface area contributed by atoms with E-state index in [2.05, 4.69) is 0 Å². The summed E-state index contributed by atoms with van der Waals surface area (Å²) in [6.45, 7) is 0. The summed E-state index contributed by atoms with van der Waals surface area (Å²) >= 11 is -0.516. The molecule has 1 atom stereocenters. The van der Waals surface area contributed by atoms with Crippen LogP contribution in [0.2, 0.25) is 0 Å². The van der Waals surface area contributed by atoms with Gasteiger partial charge in [0.1, 0.15) is 6.04 Å². The van der Waals surface area contributed by atoms with E-state index in [0.29, 0.717) is 12.1 Å². The van der Waals surface area contributed by atoms with Crippen LogP contribution in [0.4, 0.5) is 35.1 Å². The van der Waals surface area contributed by atoms with Gasteiger partial charge in [-0.15, -0.1) is 0 Å². The van der Waals surface area contributed by atoms with Gasteiger partial charge in [0.25, 0.3) is 0 Å². The molecule has 10 heteroatoms. The Hall–Kier alpha value is -1.03. The molecule has 1 aromatic carbocycles. The molecule has 0 heterocycles. The standard InChI is InChI=1S/C10H7F8NS/c11-8(12,9(13,14)15)7(19)5-1-3-6(4-2-5)20-10(16,17)18/h1-4,7H,19H2/t7-/m0/s1. The number of halogens is 8. The molecule has 0 aromatic heterocycles. The van der Waals surface area contributed by atoms with E-state index in [1.165, 1.54) is 0 Å². The molecule has 0 fully saturated rings. The highest BCUT2D eigenvalue weighted by atomic mass is 32.2. The third kappa shape index (κ3) is 3.98. The first-order valence-corrected chi connectivity index (χ1v) is 5.72. The van der Waals surface area contributed by atoms with Crippen LogP contribution >= 0.6 is 11.8 Å². The summed E-state index contributed by atoms with van der Waals surface area (Å²) < 4.78 is 98.2. The average molecular weight is 325 g/mol. The number of rotatable bonds is 3. The SMILES string of the molecule is N[C@@H](c1ccc(SC(F)(F)F)cc1)C(F)(F)C(F)(F)F. The van der Waals surface area contributed by atoms with Crippen LogP contribution in [0.3, 0.4) is 0 Å². The van der Waals surface area contributed by atoms with Crippen molar-refractivity contribution in [1.29, 1.82) is 0 Å². The zero-order chi connectivity index (χ0) is 15.8. The maximum Gasteiger partial charge on any atom is 0.455 e. The normalized spacial score (nSPS) is 15.2. The van der Waals surface area contributed by atoms with Crippen molar-refractivity contribution in [2.75, 3.05) is 0 Å². The molecule has 1 rings (SSSR count). The van der Waals surface area contributed by atoms with Crippen LogP contribution < -0.4 is 5.73 Å². The van der Waals surface area contributed by atoms with Crippen LogP contribution in [0.1, 0.15) is 11.6 Å². The molecule has 2 N–H and O–H groups in total. The molecule has 0 aliphatic heterocycles. The first-order chi connectivity index (χ1) is 8.84. The maximum absolute atomic E-state index is 12.9. The summed E-state index contributed by atoms with van der Waals surface area (Å²) in [6, 6.07) is 0.281. The summed E-state index contributed by atoms with van der Waals surface area (Å²) in [6.07, 6.45) is -5.84. The smallest absolute Gasteiger partial charge is 0.319 e. The highest BCUT2D eigenvalue weighted by Crippen LogP contribution is 2.44. The fraction of sp³-hybridized carbons (Fsp3) is 0.400. The first-order valence-electron chi connectivity index (χ1n) is 4.90. The highest BCUT2D eigenvalue weighted by molar-refractivity contribution is 8.00. The lowest BCUT2D eigenvalue weighted by molar-refractivity contribution is -0.291. The largest absolute Gasteiger partial charge is 0.455 e. The van der Waals surface area contributed by atoms with E-state index in [4.69, 9.17) is 5.73 Å². The second kappa shape index (κ2) is 5.40. The number of hydrogen-bond acceptors (Lipinski definition) is 2. The van der Waals surface area contributed by atoms with Crippen molar-refractivity contribution < 1.29 is 35.1 Å². The van der Waals surface area contributed by atoms with Crippen LogP contribution in [0.25, 0.3) is 0 Å². The lowest BCUT2D eigenvalue weighted by Crippen LogP contribution is -2.45. The molecule has 114 valence electrons. The van der Waals surface area contributed by atoms with Crippen molar-refractivity contribution in [1.82, 2.24) is 0 Å². The summed E-state index contributed by atoms with van der Waals surface area (Å²) in [5, 5.41) is 0. The Labute approximate surface area is 112 Å². The quantitative estimate of drug-likeness (QED) is 0.654. The van der Waals surface area contributed by atoms with Crippen molar-refractivity contribution in [3.63, 3.8) is 0 Å². The molecule has 0 aliphatic carbocycles. The minimum Gasteiger partial charge on any atom is -0.319 e. The van der Waals surface area contributed by atoms with E-state index in [0.717, 1.165) is 12.1 Å². The Morgan fingerprint density at radius 3 is 1.65 bits per heavy atom. The zero-order valence-electron chi connectivity index (χ0n) is 9.40. The van der Waals surface area contributed by atoms with Crippen molar-refractivity contribution in [2.45, 2.75) is 28.5 Å². The molecule has 0 spiro atoms. The van der Waals surface area contributed by atoms with Crippen molar-refractivity contribution >= 4 is 11.8 Å². The van der Waals surface area contributed by atoms with Crippen LogP contribution in [0, 0.1) is 0 Å². The molecule has 0 unspecified atom stereocenters. The van der Waals surface area contributed by atoms with E-state index >= 15 is 0 Å². The Morgan fingerprint density at radius 1 is 0.850 bits per heavy atom. The predicted octanol–water partition coefficient (Wildman–Crippen LogP) is 4.50. The van der Waals surface area contributed by atoms with E-state index in [9.17, 15) is 35.1 Å². The molecule has 0 aliphatic rings. The van der Waals surface area contributed by atoms with Gasteiger partial charge < -0.3 is 5.73 Å². The number of nitrogens with two attached hydrogens (primary N) is 1. The molecule has 1 nitrogen and oxygen atoms in total. The molecule has 20 heavy (non-hydrogen) atoms. The minimum absolute atomic E-state index is 0.344. The summed E-state index contributed by atoms with van der Waals surface area (Å²) in [5.41, 5.74) is -0.359. The van der Waals surface area contributed by atoms with Crippen LogP contribution in [0.15, 0.2) is 29.2 Å². The second-order valence-electron chi connectivity index (χ2n) is 3.72. The molecule has 0 saturated heterocycles. The third-order valence-corrected chi connectivity index (χ3v) is 2.98. The van der Waals surface area contributed by atoms with E-state index < -0.39 is 41.0 Å². The van der Waals surface area contributed by atoms with Crippen LogP contribution in [0.5, 0.6) is 0 Å². The molecular formula is C10H7F8NS. The first kappa shape index (κ1) is 17.0. The van der Waals surface area contributed by atoms with Gasteiger partial charge in [0.2, 0.25) is 0 Å². The maximum atomic E-state index is 12.9. The van der Waals surface area contributed by atoms with Crippen LogP contribution in [-0.2, 0) is 0 Å². The van der Waals surface area contributed by atoms with Gasteiger partial charge in [-0.1, -0.05) is 12.1 Å². The Bertz CT molecular complexity index is 450. The minimum atomic E-state index is -5.84. The fourth-order valence-electron chi connectivity index (χ4n) is 1.26. The molecule has 0 amide bonds. The van der Waals surface area contributed by atoms with Crippen molar-refractivity contribution in [3.8, 4) is 0 Å². The van der Waals surface area contributed by atoms with Gasteiger partial charge in [-0.25, -0.2) is 0 Å². The zero-order valence-corrected chi connectivity index (χ0v) is 10.2. The van der Waals surface area contributed by atoms with Crippen molar-refractivity contribution in [2.24, 2.45) is 5.73 Å². The lowest BCUT2D eigenvalue weighted by atomic mass is 10.0. The monoisotopic (exact) mass is 325 g/mol. The molecular weight excluding hydrogens is 318 g/mol. The number of alkyl halides is 8. The Balaban J connectivity index is 2.94.